The van der Waals surface area contributed by atoms with Crippen LogP contribution in [0.25, 0.3) is 0 Å². The summed E-state index contributed by atoms with van der Waals surface area (Å²) < 4.78 is 10.0. The second-order valence-corrected chi connectivity index (χ2v) is 8.33. The molecule has 0 aromatic carbocycles. The van der Waals surface area contributed by atoms with Gasteiger partial charge in [0.2, 0.25) is 0 Å². The Kier molecular flexibility index (Phi) is 22.8. The van der Waals surface area contributed by atoms with E-state index in [0.717, 1.165) is 12.8 Å². The van der Waals surface area contributed by atoms with Crippen LogP contribution in [0, 0.1) is 5.92 Å². The number of alkyl carbamates (subject to hydrolysis) is 1. The van der Waals surface area contributed by atoms with Crippen molar-refractivity contribution in [1.82, 2.24) is 11.1 Å². The molecular formula is C24H48N2O3. The van der Waals surface area contributed by atoms with Crippen LogP contribution in [0.1, 0.15) is 110 Å². The molecule has 5 heteroatoms. The predicted molar refractivity (Wildman–Crippen MR) is 121 cm³/mol. The Morgan fingerprint density at radius 1 is 0.759 bits per heavy atom. The van der Waals surface area contributed by atoms with Crippen LogP contribution in [0.5, 0.6) is 0 Å². The summed E-state index contributed by atoms with van der Waals surface area (Å²) in [7, 11) is 1.57. The summed E-state index contributed by atoms with van der Waals surface area (Å²) in [6, 6.07) is 0. The zero-order valence-corrected chi connectivity index (χ0v) is 19.4. The van der Waals surface area contributed by atoms with Gasteiger partial charge >= 0.3 is 6.09 Å². The summed E-state index contributed by atoms with van der Waals surface area (Å²) in [5.74, 6) is -0.152. The number of nitrogens with zero attached hydrogens (tertiary/aromatic N) is 1. The van der Waals surface area contributed by atoms with Crippen molar-refractivity contribution in [2.24, 2.45) is 5.92 Å². The molecule has 1 N–H and O–H groups in total. The fraction of sp³-hybridized carbons (Fsp3) is 0.958. The maximum Gasteiger partial charge on any atom is 0.407 e. The van der Waals surface area contributed by atoms with E-state index >= 15 is 0 Å². The Bertz CT molecular complexity index is 340. The number of hydrogen-bond acceptors (Lipinski definition) is 3. The summed E-state index contributed by atoms with van der Waals surface area (Å²) in [6.45, 7) is 3.47. The lowest BCUT2D eigenvalue weighted by Crippen LogP contribution is -2.29. The van der Waals surface area contributed by atoms with Crippen LogP contribution in [0.3, 0.4) is 0 Å². The van der Waals surface area contributed by atoms with Crippen LogP contribution in [0.2, 0.25) is 0 Å². The first-order chi connectivity index (χ1) is 14.2. The van der Waals surface area contributed by atoms with E-state index in [0.29, 0.717) is 13.2 Å². The van der Waals surface area contributed by atoms with E-state index in [1.54, 1.807) is 7.11 Å². The second-order valence-electron chi connectivity index (χ2n) is 8.33. The largest absolute Gasteiger partial charge is 0.449 e. The molecule has 0 heterocycles. The van der Waals surface area contributed by atoms with E-state index < -0.39 is 6.09 Å². The van der Waals surface area contributed by atoms with Crippen molar-refractivity contribution in [2.45, 2.75) is 110 Å². The highest BCUT2D eigenvalue weighted by atomic mass is 16.5. The molecule has 172 valence electrons. The topological polar surface area (TPSA) is 69.9 Å². The Balaban J connectivity index is 3.21. The van der Waals surface area contributed by atoms with Crippen LogP contribution in [-0.4, -0.2) is 39.5 Å². The molecule has 0 saturated heterocycles. The summed E-state index contributed by atoms with van der Waals surface area (Å²) >= 11 is 0. The highest BCUT2D eigenvalue weighted by Crippen LogP contribution is 2.13. The second kappa shape index (κ2) is 23.5. The molecule has 0 aliphatic carbocycles. The summed E-state index contributed by atoms with van der Waals surface area (Å²) in [4.78, 5) is 11.6. The summed E-state index contributed by atoms with van der Waals surface area (Å²) in [5, 5.41) is 2.77. The third-order valence-electron chi connectivity index (χ3n) is 5.41. The van der Waals surface area contributed by atoms with Crippen LogP contribution < -0.4 is 11.1 Å². The number of hydrogen-bond donors (Lipinski definition) is 1. The highest BCUT2D eigenvalue weighted by Gasteiger charge is 2.10. The number of carbonyl (C=O) groups excluding carboxylic acids is 1. The lowest BCUT2D eigenvalue weighted by Gasteiger charge is -2.13. The van der Waals surface area contributed by atoms with E-state index in [-0.39, 0.29) is 19.1 Å². The van der Waals surface area contributed by atoms with Crippen LogP contribution in [-0.2, 0) is 9.47 Å². The molecule has 0 bridgehead atoms. The first-order valence-electron chi connectivity index (χ1n) is 12.2. The maximum atomic E-state index is 11.6. The molecule has 0 aliphatic heterocycles. The van der Waals surface area contributed by atoms with Gasteiger partial charge in [-0.2, -0.15) is 0 Å². The molecule has 1 unspecified atom stereocenters. The highest BCUT2D eigenvalue weighted by molar-refractivity contribution is 5.67. The van der Waals surface area contributed by atoms with E-state index in [4.69, 9.17) is 15.2 Å². The van der Waals surface area contributed by atoms with Gasteiger partial charge in [0.1, 0.15) is 0 Å². The Morgan fingerprint density at radius 2 is 1.21 bits per heavy atom. The van der Waals surface area contributed by atoms with Gasteiger partial charge in [-0.05, 0) is 6.42 Å². The third kappa shape index (κ3) is 21.7. The Hall–Kier alpha value is -0.810. The van der Waals surface area contributed by atoms with Crippen molar-refractivity contribution in [1.29, 1.82) is 0 Å². The molecule has 0 aliphatic rings. The average molecular weight is 413 g/mol. The van der Waals surface area contributed by atoms with Crippen molar-refractivity contribution >= 4 is 6.09 Å². The standard InChI is InChI=1S/C24H48N2O3/c1-3-4-5-6-7-8-9-10-11-12-13-14-15-16-17-18-19-26-24(27)29-22-23(20-25)21-28-2/h23H,3-22H2,1-2H3,(H,26,27). The van der Waals surface area contributed by atoms with Crippen molar-refractivity contribution < 1.29 is 14.3 Å². The molecule has 1 amide bonds. The summed E-state index contributed by atoms with van der Waals surface area (Å²) in [5.41, 5.74) is 9.11. The van der Waals surface area contributed by atoms with Gasteiger partial charge in [0, 0.05) is 26.1 Å². The zero-order chi connectivity index (χ0) is 21.4. The molecule has 0 saturated carbocycles. The monoisotopic (exact) mass is 412 g/mol. The number of carbonyl (C=O) groups is 1. The quantitative estimate of drug-likeness (QED) is 0.212. The van der Waals surface area contributed by atoms with Gasteiger partial charge in [-0.25, -0.2) is 4.79 Å². The number of unbranched alkanes of at least 4 members (excludes halogenated alkanes) is 15. The van der Waals surface area contributed by atoms with E-state index in [1.165, 1.54) is 89.9 Å². The number of nitrogens with one attached hydrogen (secondary N) is 1. The molecule has 0 rings (SSSR count). The fourth-order valence-electron chi connectivity index (χ4n) is 3.50. The van der Waals surface area contributed by atoms with Gasteiger partial charge in [0.25, 0.3) is 0 Å². The van der Waals surface area contributed by atoms with Gasteiger partial charge in [-0.1, -0.05) is 103 Å². The van der Waals surface area contributed by atoms with Crippen molar-refractivity contribution in [3.05, 3.63) is 0 Å². The van der Waals surface area contributed by atoms with Gasteiger partial charge in [-0.3, -0.25) is 0 Å². The molecule has 0 fully saturated rings. The maximum absolute atomic E-state index is 11.6. The average Bonchev–Trinajstić information content (AvgIpc) is 2.73. The van der Waals surface area contributed by atoms with E-state index in [2.05, 4.69) is 12.2 Å². The first kappa shape index (κ1) is 28.2. The number of rotatable bonds is 22. The van der Waals surface area contributed by atoms with E-state index in [9.17, 15) is 4.79 Å². The Morgan fingerprint density at radius 3 is 1.62 bits per heavy atom. The smallest absolute Gasteiger partial charge is 0.407 e. The van der Waals surface area contributed by atoms with E-state index in [1.807, 2.05) is 0 Å². The van der Waals surface area contributed by atoms with Crippen LogP contribution >= 0.6 is 0 Å². The SMILES string of the molecule is CCCCCCCCCCCCCCCCCCNC(=O)OCC(C[N])COC. The van der Waals surface area contributed by atoms with Crippen LogP contribution in [0.15, 0.2) is 0 Å². The molecule has 5 nitrogen and oxygen atoms in total. The predicted octanol–water partition coefficient (Wildman–Crippen LogP) is 6.31. The molecule has 1 atom stereocenters. The fourth-order valence-corrected chi connectivity index (χ4v) is 3.50. The summed E-state index contributed by atoms with van der Waals surface area (Å²) in [6.07, 6.45) is 21.1. The molecule has 0 aromatic heterocycles. The van der Waals surface area contributed by atoms with Crippen LogP contribution in [0.4, 0.5) is 4.79 Å². The lowest BCUT2D eigenvalue weighted by atomic mass is 10.0. The minimum absolute atomic E-state index is 0.0414. The van der Waals surface area contributed by atoms with Crippen molar-refractivity contribution in [3.8, 4) is 0 Å². The minimum Gasteiger partial charge on any atom is -0.449 e. The number of amides is 1. The molecular weight excluding hydrogens is 364 g/mol. The molecule has 29 heavy (non-hydrogen) atoms. The normalized spacial score (nSPS) is 12.1. The van der Waals surface area contributed by atoms with Gasteiger partial charge < -0.3 is 14.8 Å². The van der Waals surface area contributed by atoms with Crippen molar-refractivity contribution in [3.63, 3.8) is 0 Å². The van der Waals surface area contributed by atoms with Gasteiger partial charge in [0.05, 0.1) is 13.2 Å². The third-order valence-corrected chi connectivity index (χ3v) is 5.41. The van der Waals surface area contributed by atoms with Gasteiger partial charge in [-0.15, -0.1) is 5.73 Å². The number of ether oxygens (including phenoxy) is 2. The Labute approximate surface area is 180 Å². The number of methoxy groups -OCH3 is 1. The minimum atomic E-state index is -0.402. The zero-order valence-electron chi connectivity index (χ0n) is 19.4. The lowest BCUT2D eigenvalue weighted by molar-refractivity contribution is 0.0876. The molecule has 2 radical (unpaired) electrons. The molecule has 0 spiro atoms. The van der Waals surface area contributed by atoms with Gasteiger partial charge in [0.15, 0.2) is 0 Å². The molecule has 0 aromatic rings. The van der Waals surface area contributed by atoms with Crippen molar-refractivity contribution in [2.75, 3.05) is 33.4 Å². The first-order valence-corrected chi connectivity index (χ1v) is 12.2.